The van der Waals surface area contributed by atoms with Crippen LogP contribution in [0.4, 0.5) is 0 Å². The first kappa shape index (κ1) is 10.5. The van der Waals surface area contributed by atoms with Gasteiger partial charge in [-0.2, -0.15) is 11.8 Å². The lowest BCUT2D eigenvalue weighted by Gasteiger charge is -1.93. The molecule has 1 aromatic heterocycles. The molecule has 1 amide bonds. The van der Waals surface area contributed by atoms with Crippen LogP contribution in [0.3, 0.4) is 0 Å². The Morgan fingerprint density at radius 2 is 2.54 bits per heavy atom. The van der Waals surface area contributed by atoms with Gasteiger partial charge in [-0.25, -0.2) is 4.98 Å². The van der Waals surface area contributed by atoms with E-state index in [1.165, 1.54) is 11.3 Å². The molecule has 0 spiro atoms. The van der Waals surface area contributed by atoms with E-state index in [-0.39, 0.29) is 6.61 Å². The Labute approximate surface area is 84.2 Å². The van der Waals surface area contributed by atoms with Crippen LogP contribution in [0.25, 0.3) is 0 Å². The summed E-state index contributed by atoms with van der Waals surface area (Å²) in [5.74, 6) is 0.916. The van der Waals surface area contributed by atoms with Crippen molar-refractivity contribution in [3.8, 4) is 0 Å². The van der Waals surface area contributed by atoms with E-state index >= 15 is 0 Å². The van der Waals surface area contributed by atoms with Gasteiger partial charge in [0, 0.05) is 16.9 Å². The van der Waals surface area contributed by atoms with E-state index in [9.17, 15) is 4.79 Å². The van der Waals surface area contributed by atoms with Crippen molar-refractivity contribution in [2.24, 2.45) is 5.73 Å². The van der Waals surface area contributed by atoms with Crippen molar-refractivity contribution in [2.45, 2.75) is 5.75 Å². The summed E-state index contributed by atoms with van der Waals surface area (Å²) in [5.41, 5.74) is 5.36. The van der Waals surface area contributed by atoms with Crippen LogP contribution in [0, 0.1) is 0 Å². The zero-order chi connectivity index (χ0) is 9.68. The van der Waals surface area contributed by atoms with Gasteiger partial charge < -0.3 is 10.8 Å². The first-order valence-corrected chi connectivity index (χ1v) is 5.70. The highest BCUT2D eigenvalue weighted by atomic mass is 32.2. The second-order valence-electron chi connectivity index (χ2n) is 2.27. The second-order valence-corrected chi connectivity index (χ2v) is 4.31. The maximum atomic E-state index is 10.7. The molecule has 13 heavy (non-hydrogen) atoms. The molecule has 0 aliphatic carbocycles. The molecule has 4 nitrogen and oxygen atoms in total. The topological polar surface area (TPSA) is 76.2 Å². The molecule has 72 valence electrons. The first-order valence-electron chi connectivity index (χ1n) is 3.67. The second kappa shape index (κ2) is 5.21. The van der Waals surface area contributed by atoms with Crippen LogP contribution in [-0.2, 0) is 5.75 Å². The van der Waals surface area contributed by atoms with Crippen LogP contribution in [0.5, 0.6) is 0 Å². The number of carbonyl (C=O) groups is 1. The lowest BCUT2D eigenvalue weighted by Crippen LogP contribution is -2.11. The highest BCUT2D eigenvalue weighted by Gasteiger charge is 2.05. The molecule has 0 unspecified atom stereocenters. The smallest absolute Gasteiger partial charge is 0.268 e. The normalized spacial score (nSPS) is 10.2. The van der Waals surface area contributed by atoms with Crippen molar-refractivity contribution in [2.75, 3.05) is 12.4 Å². The zero-order valence-electron chi connectivity index (χ0n) is 6.90. The number of amides is 1. The van der Waals surface area contributed by atoms with E-state index in [1.54, 1.807) is 17.1 Å². The molecule has 1 aromatic rings. The van der Waals surface area contributed by atoms with E-state index in [4.69, 9.17) is 10.8 Å². The van der Waals surface area contributed by atoms with E-state index in [0.717, 1.165) is 10.8 Å². The Kier molecular flexibility index (Phi) is 4.20. The van der Waals surface area contributed by atoms with Crippen molar-refractivity contribution in [1.29, 1.82) is 0 Å². The molecule has 0 atom stereocenters. The predicted octanol–water partition coefficient (Wildman–Crippen LogP) is 0.468. The third-order valence-electron chi connectivity index (χ3n) is 1.27. The molecule has 0 saturated heterocycles. The quantitative estimate of drug-likeness (QED) is 0.704. The average Bonchev–Trinajstić information content (AvgIpc) is 2.53. The third kappa shape index (κ3) is 3.33. The summed E-state index contributed by atoms with van der Waals surface area (Å²) in [6.07, 6.45) is 0. The lowest BCUT2D eigenvalue weighted by atomic mass is 10.5. The number of nitrogens with zero attached hydrogens (tertiary/aromatic N) is 1. The summed E-state index contributed by atoms with van der Waals surface area (Å²) in [6, 6.07) is 0. The van der Waals surface area contributed by atoms with E-state index in [2.05, 4.69) is 4.98 Å². The molecule has 6 heteroatoms. The summed E-state index contributed by atoms with van der Waals surface area (Å²) in [5, 5.41) is 11.0. The van der Waals surface area contributed by atoms with Crippen LogP contribution in [0.1, 0.15) is 15.5 Å². The van der Waals surface area contributed by atoms with Gasteiger partial charge in [0.05, 0.1) is 6.61 Å². The Hall–Kier alpha value is -0.590. The van der Waals surface area contributed by atoms with Gasteiger partial charge in [0.1, 0.15) is 10.7 Å². The van der Waals surface area contributed by atoms with Crippen LogP contribution in [-0.4, -0.2) is 28.4 Å². The summed E-state index contributed by atoms with van der Waals surface area (Å²) in [7, 11) is 0. The van der Waals surface area contributed by atoms with Crippen molar-refractivity contribution in [3.63, 3.8) is 0 Å². The monoisotopic (exact) mass is 218 g/mol. The summed E-state index contributed by atoms with van der Waals surface area (Å²) in [4.78, 5) is 14.7. The molecule has 0 aliphatic rings. The Balaban J connectivity index is 2.44. The van der Waals surface area contributed by atoms with Crippen LogP contribution in [0.2, 0.25) is 0 Å². The Bertz CT molecular complexity index is 288. The van der Waals surface area contributed by atoms with Crippen molar-refractivity contribution >= 4 is 29.0 Å². The molecule has 0 radical (unpaired) electrons. The van der Waals surface area contributed by atoms with E-state index in [0.29, 0.717) is 11.4 Å². The summed E-state index contributed by atoms with van der Waals surface area (Å²) >= 11 is 2.99. The van der Waals surface area contributed by atoms with Crippen LogP contribution < -0.4 is 5.73 Å². The summed E-state index contributed by atoms with van der Waals surface area (Å²) in [6.45, 7) is 0.165. The number of aliphatic hydroxyl groups excluding tert-OH is 1. The van der Waals surface area contributed by atoms with Gasteiger partial charge in [-0.1, -0.05) is 0 Å². The van der Waals surface area contributed by atoms with Gasteiger partial charge in [-0.05, 0) is 0 Å². The number of thiazole rings is 1. The number of primary amides is 1. The highest BCUT2D eigenvalue weighted by molar-refractivity contribution is 7.98. The van der Waals surface area contributed by atoms with E-state index < -0.39 is 5.91 Å². The highest BCUT2D eigenvalue weighted by Crippen LogP contribution is 2.16. The third-order valence-corrected chi connectivity index (χ3v) is 3.25. The first-order chi connectivity index (χ1) is 6.24. The molecular weight excluding hydrogens is 208 g/mol. The molecule has 0 aromatic carbocycles. The standard InChI is InChI=1S/C7H10N2O2S2/c8-7(11)5-3-13-6(9-5)4-12-2-1-10/h3,10H,1-2,4H2,(H2,8,11). The number of hydrogen-bond acceptors (Lipinski definition) is 5. The van der Waals surface area contributed by atoms with Crippen molar-refractivity contribution < 1.29 is 9.90 Å². The van der Waals surface area contributed by atoms with Gasteiger partial charge in [0.15, 0.2) is 0 Å². The van der Waals surface area contributed by atoms with Gasteiger partial charge >= 0.3 is 0 Å². The van der Waals surface area contributed by atoms with E-state index in [1.807, 2.05) is 0 Å². The van der Waals surface area contributed by atoms with Gasteiger partial charge in [0.25, 0.3) is 5.91 Å². The lowest BCUT2D eigenvalue weighted by molar-refractivity contribution is 0.0996. The van der Waals surface area contributed by atoms with Gasteiger partial charge in [0.2, 0.25) is 0 Å². The van der Waals surface area contributed by atoms with Gasteiger partial charge in [-0.15, -0.1) is 11.3 Å². The maximum absolute atomic E-state index is 10.7. The molecule has 1 rings (SSSR count). The number of carbonyl (C=O) groups excluding carboxylic acids is 1. The molecule has 1 heterocycles. The molecule has 3 N–H and O–H groups in total. The van der Waals surface area contributed by atoms with Crippen molar-refractivity contribution in [1.82, 2.24) is 4.98 Å². The molecule has 0 saturated carbocycles. The Morgan fingerprint density at radius 1 is 1.77 bits per heavy atom. The summed E-state index contributed by atoms with van der Waals surface area (Å²) < 4.78 is 0. The maximum Gasteiger partial charge on any atom is 0.268 e. The van der Waals surface area contributed by atoms with Crippen molar-refractivity contribution in [3.05, 3.63) is 16.1 Å². The number of aromatic nitrogens is 1. The number of hydrogen-bond donors (Lipinski definition) is 2. The number of nitrogens with two attached hydrogens (primary N) is 1. The Morgan fingerprint density at radius 3 is 3.08 bits per heavy atom. The molecule has 0 bridgehead atoms. The van der Waals surface area contributed by atoms with Crippen LogP contribution in [0.15, 0.2) is 5.38 Å². The number of aliphatic hydroxyl groups is 1. The SMILES string of the molecule is NC(=O)c1csc(CSCCO)n1. The number of thioether (sulfide) groups is 1. The average molecular weight is 218 g/mol. The fourth-order valence-electron chi connectivity index (χ4n) is 0.714. The minimum absolute atomic E-state index is 0.165. The zero-order valence-corrected chi connectivity index (χ0v) is 8.53. The minimum atomic E-state index is -0.491. The fourth-order valence-corrected chi connectivity index (χ4v) is 2.32. The molecular formula is C7H10N2O2S2. The van der Waals surface area contributed by atoms with Crippen LogP contribution >= 0.6 is 23.1 Å². The fraction of sp³-hybridized carbons (Fsp3) is 0.429. The molecule has 0 fully saturated rings. The largest absolute Gasteiger partial charge is 0.396 e. The van der Waals surface area contributed by atoms with Gasteiger partial charge in [-0.3, -0.25) is 4.79 Å². The number of rotatable bonds is 5. The minimum Gasteiger partial charge on any atom is -0.396 e. The molecule has 0 aliphatic heterocycles. The predicted molar refractivity (Wildman–Crippen MR) is 53.9 cm³/mol.